The Balaban J connectivity index is 1.48. The lowest BCUT2D eigenvalue weighted by Crippen LogP contribution is -2.51. The maximum absolute atomic E-state index is 13.7. The van der Waals surface area contributed by atoms with E-state index < -0.39 is 116 Å². The number of anilines is 2. The summed E-state index contributed by atoms with van der Waals surface area (Å²) in [6, 6.07) is 6.97. The molecule has 0 bridgehead atoms. The Labute approximate surface area is 389 Å². The molecule has 4 atom stereocenters. The van der Waals surface area contributed by atoms with Gasteiger partial charge in [0.1, 0.15) is 24.2 Å². The Kier molecular flexibility index (Phi) is 19.1. The molecule has 69 heavy (non-hydrogen) atoms. The molecule has 4 aromatic rings. The van der Waals surface area contributed by atoms with E-state index in [2.05, 4.69) is 31.6 Å². The van der Waals surface area contributed by atoms with Crippen LogP contribution in [0.25, 0.3) is 5.69 Å². The highest BCUT2D eigenvalue weighted by Gasteiger charge is 2.27. The van der Waals surface area contributed by atoms with Crippen LogP contribution in [0, 0.1) is 0 Å². The van der Waals surface area contributed by atoms with Crippen molar-refractivity contribution in [3.63, 3.8) is 0 Å². The molecule has 1 heterocycles. The number of urea groups is 2. The number of carboxylic acid groups (broad SMARTS) is 6. The third kappa shape index (κ3) is 17.1. The zero-order valence-electron chi connectivity index (χ0n) is 36.1. The van der Waals surface area contributed by atoms with Gasteiger partial charge in [-0.2, -0.15) is 0 Å². The van der Waals surface area contributed by atoms with Crippen molar-refractivity contribution in [1.82, 2.24) is 36.3 Å². The third-order valence-corrected chi connectivity index (χ3v) is 9.82. The number of aromatic nitrogens is 3. The number of carbonyl (C=O) groups is 10. The van der Waals surface area contributed by atoms with E-state index in [0.717, 1.165) is 0 Å². The smallest absolute Gasteiger partial charge is 0.326 e. The monoisotopic (exact) mass is 963 g/mol. The summed E-state index contributed by atoms with van der Waals surface area (Å²) in [7, 11) is 0. The molecule has 0 fully saturated rings. The number of alkyl halides is 1. The molecule has 6 amide bonds. The first-order valence-electron chi connectivity index (χ1n) is 20.6. The van der Waals surface area contributed by atoms with Crippen LogP contribution in [-0.4, -0.2) is 136 Å². The molecule has 0 aliphatic rings. The van der Waals surface area contributed by atoms with Gasteiger partial charge in [-0.1, -0.05) is 29.5 Å². The van der Waals surface area contributed by atoms with E-state index in [4.69, 9.17) is 10.2 Å². The summed E-state index contributed by atoms with van der Waals surface area (Å²) >= 11 is 0. The number of hydrogen-bond acceptors (Lipinski definition) is 12. The van der Waals surface area contributed by atoms with Crippen LogP contribution in [0.5, 0.6) is 0 Å². The standard InChI is InChI=1S/C43H46FN9O16/c44-15-1-2-28-21-53(52-51-28)29-19-24(36(58)45-26-7-3-22(4-8-26)16-32(40(64)65)49-42(68)47-30(38(60)61)11-13-34(54)55)18-25(20-29)37(59)46-27-9-5-23(6-10-27)17-33(41(66)67)50-43(69)48-31(39(62)63)12-14-35(56)57/h3-10,18-21,30-33H,1-2,11-17H2,(H,45,58)(H,46,59)(H,54,55)(H,56,57)(H,60,61)(H,62,63)(H,64,65)(H,66,67)(H2,47,49,68)(H2,48,50,69). The van der Waals surface area contributed by atoms with Crippen LogP contribution in [0.2, 0.25) is 0 Å². The highest BCUT2D eigenvalue weighted by atomic mass is 19.1. The van der Waals surface area contributed by atoms with Gasteiger partial charge in [0.05, 0.1) is 24.3 Å². The van der Waals surface area contributed by atoms with Crippen molar-refractivity contribution in [2.75, 3.05) is 17.3 Å². The fourth-order valence-corrected chi connectivity index (χ4v) is 6.29. The summed E-state index contributed by atoms with van der Waals surface area (Å²) in [6.07, 6.45) is -0.689. The van der Waals surface area contributed by atoms with Crippen LogP contribution in [0.3, 0.4) is 0 Å². The van der Waals surface area contributed by atoms with Crippen molar-refractivity contribution < 1.29 is 83.0 Å². The lowest BCUT2D eigenvalue weighted by atomic mass is 10.0. The van der Waals surface area contributed by atoms with Crippen LogP contribution in [0.4, 0.5) is 25.4 Å². The summed E-state index contributed by atoms with van der Waals surface area (Å²) in [5.74, 6) is -10.00. The van der Waals surface area contributed by atoms with Gasteiger partial charge in [-0.3, -0.25) is 23.6 Å². The molecule has 0 spiro atoms. The highest BCUT2D eigenvalue weighted by molar-refractivity contribution is 6.09. The molecule has 4 rings (SSSR count). The maximum atomic E-state index is 13.7. The van der Waals surface area contributed by atoms with E-state index in [1.165, 1.54) is 77.6 Å². The van der Waals surface area contributed by atoms with Crippen molar-refractivity contribution in [2.45, 2.75) is 75.5 Å². The number of halogens is 1. The molecule has 0 aliphatic heterocycles. The summed E-state index contributed by atoms with van der Waals surface area (Å²) in [5.41, 5.74) is 1.72. The molecule has 0 aliphatic carbocycles. The van der Waals surface area contributed by atoms with Gasteiger partial charge < -0.3 is 62.5 Å². The lowest BCUT2D eigenvalue weighted by molar-refractivity contribution is -0.142. The predicted molar refractivity (Wildman–Crippen MR) is 235 cm³/mol. The Hall–Kier alpha value is -8.97. The van der Waals surface area contributed by atoms with Gasteiger partial charge in [0.15, 0.2) is 0 Å². The number of carboxylic acids is 6. The minimum absolute atomic E-state index is 0.0464. The van der Waals surface area contributed by atoms with Crippen LogP contribution in [0.15, 0.2) is 72.9 Å². The SMILES string of the molecule is O=C(O)CCC(NC(=O)NC(Cc1ccc(NC(=O)c2cc(C(=O)Nc3ccc(CC(NC(=O)NC(CCC(=O)O)C(=O)O)C(=O)O)cc3)cc(-n3cc(CCCF)nn3)c2)cc1)C(=O)O)C(=O)O. The molecule has 12 N–H and O–H groups in total. The molecule has 0 radical (unpaired) electrons. The van der Waals surface area contributed by atoms with E-state index in [0.29, 0.717) is 16.8 Å². The molecule has 0 saturated carbocycles. The Morgan fingerprint density at radius 3 is 1.30 bits per heavy atom. The zero-order valence-corrected chi connectivity index (χ0v) is 36.1. The average molecular weight is 964 g/mol. The number of nitrogens with one attached hydrogen (secondary N) is 6. The van der Waals surface area contributed by atoms with E-state index in [-0.39, 0.29) is 53.9 Å². The number of rotatable bonds is 26. The second-order valence-corrected chi connectivity index (χ2v) is 15.1. The molecular formula is C43H46FN9O16. The van der Waals surface area contributed by atoms with Crippen LogP contribution < -0.4 is 31.9 Å². The van der Waals surface area contributed by atoms with E-state index in [1.807, 2.05) is 10.6 Å². The van der Waals surface area contributed by atoms with E-state index >= 15 is 0 Å². The minimum atomic E-state index is -1.60. The number of benzene rings is 3. The van der Waals surface area contributed by atoms with Gasteiger partial charge in [-0.15, -0.1) is 5.10 Å². The summed E-state index contributed by atoms with van der Waals surface area (Å²) < 4.78 is 14.2. The second kappa shape index (κ2) is 25.1. The van der Waals surface area contributed by atoms with Crippen LogP contribution >= 0.6 is 0 Å². The second-order valence-electron chi connectivity index (χ2n) is 15.1. The molecule has 4 unspecified atom stereocenters. The van der Waals surface area contributed by atoms with Gasteiger partial charge in [0.25, 0.3) is 11.8 Å². The Bertz CT molecular complexity index is 2410. The molecular weight excluding hydrogens is 918 g/mol. The van der Waals surface area contributed by atoms with Crippen LogP contribution in [0.1, 0.15) is 69.6 Å². The van der Waals surface area contributed by atoms with Crippen molar-refractivity contribution >= 4 is 71.1 Å². The highest BCUT2D eigenvalue weighted by Crippen LogP contribution is 2.20. The summed E-state index contributed by atoms with van der Waals surface area (Å²) in [6.45, 7) is -0.601. The Morgan fingerprint density at radius 1 is 0.551 bits per heavy atom. The van der Waals surface area contributed by atoms with Gasteiger partial charge in [0, 0.05) is 48.2 Å². The van der Waals surface area contributed by atoms with Gasteiger partial charge in [-0.05, 0) is 79.3 Å². The number of hydrogen-bond donors (Lipinski definition) is 12. The zero-order chi connectivity index (χ0) is 50.8. The first-order valence-corrected chi connectivity index (χ1v) is 20.6. The predicted octanol–water partition coefficient (Wildman–Crippen LogP) is 1.90. The number of aryl methyl sites for hydroxylation is 1. The van der Waals surface area contributed by atoms with Gasteiger partial charge in [0.2, 0.25) is 0 Å². The summed E-state index contributed by atoms with van der Waals surface area (Å²) in [5, 5.41) is 77.5. The Morgan fingerprint density at radius 2 is 0.942 bits per heavy atom. The van der Waals surface area contributed by atoms with Gasteiger partial charge >= 0.3 is 47.9 Å². The molecule has 26 heteroatoms. The first kappa shape index (κ1) is 52.7. The fraction of sp³-hybridized carbons (Fsp3) is 0.302. The van der Waals surface area contributed by atoms with Crippen molar-refractivity contribution in [2.24, 2.45) is 0 Å². The van der Waals surface area contributed by atoms with E-state index in [1.54, 1.807) is 0 Å². The molecule has 366 valence electrons. The lowest BCUT2D eigenvalue weighted by Gasteiger charge is -2.18. The average Bonchev–Trinajstić information content (AvgIpc) is 3.77. The van der Waals surface area contributed by atoms with Crippen molar-refractivity contribution in [1.29, 1.82) is 0 Å². The third-order valence-electron chi connectivity index (χ3n) is 9.82. The molecule has 0 saturated heterocycles. The molecule has 1 aromatic heterocycles. The van der Waals surface area contributed by atoms with Crippen LogP contribution in [-0.2, 0) is 48.0 Å². The topological polar surface area (TPSA) is 395 Å². The first-order chi connectivity index (χ1) is 32.7. The van der Waals surface area contributed by atoms with Gasteiger partial charge in [-0.25, -0.2) is 33.4 Å². The summed E-state index contributed by atoms with van der Waals surface area (Å²) in [4.78, 5) is 121. The largest absolute Gasteiger partial charge is 0.481 e. The number of nitrogens with zero attached hydrogens (tertiary/aromatic N) is 3. The van der Waals surface area contributed by atoms with Crippen molar-refractivity contribution in [3.05, 3.63) is 101 Å². The fourth-order valence-electron chi connectivity index (χ4n) is 6.29. The molecule has 25 nitrogen and oxygen atoms in total. The quantitative estimate of drug-likeness (QED) is 0.0427. The number of amides is 6. The molecule has 3 aromatic carbocycles. The van der Waals surface area contributed by atoms with E-state index in [9.17, 15) is 72.8 Å². The number of aliphatic carboxylic acids is 6. The number of carbonyl (C=O) groups excluding carboxylic acids is 4. The minimum Gasteiger partial charge on any atom is -0.481 e. The van der Waals surface area contributed by atoms with Crippen molar-refractivity contribution in [3.8, 4) is 5.69 Å². The normalized spacial score (nSPS) is 12.5. The maximum Gasteiger partial charge on any atom is 0.326 e.